The molecule has 1 fully saturated rings. The summed E-state index contributed by atoms with van der Waals surface area (Å²) in [4.78, 5) is 28.9. The van der Waals surface area contributed by atoms with Crippen molar-refractivity contribution in [2.75, 3.05) is 13.1 Å². The SMILES string of the molecule is CC(C)(C)OC(=O)N1CCCC(Oc2ncccc2C(=O)O)C1. The number of hydrogen-bond acceptors (Lipinski definition) is 5. The third kappa shape index (κ3) is 4.84. The largest absolute Gasteiger partial charge is 0.477 e. The molecule has 0 aliphatic carbocycles. The number of carbonyl (C=O) groups excluding carboxylic acids is 1. The number of carbonyl (C=O) groups is 2. The standard InChI is InChI=1S/C16H22N2O5/c1-16(2,3)23-15(21)18-9-5-6-11(10-18)22-13-12(14(19)20)7-4-8-17-13/h4,7-8,11H,5-6,9-10H2,1-3H3,(H,19,20). The average molecular weight is 322 g/mol. The molecule has 1 aliphatic heterocycles. The Morgan fingerprint density at radius 1 is 1.39 bits per heavy atom. The van der Waals surface area contributed by atoms with Crippen LogP contribution < -0.4 is 4.74 Å². The van der Waals surface area contributed by atoms with Gasteiger partial charge in [0.15, 0.2) is 0 Å². The van der Waals surface area contributed by atoms with Crippen LogP contribution in [0.3, 0.4) is 0 Å². The van der Waals surface area contributed by atoms with Crippen molar-refractivity contribution in [2.24, 2.45) is 0 Å². The first-order valence-electron chi connectivity index (χ1n) is 7.59. The maximum atomic E-state index is 12.1. The predicted octanol–water partition coefficient (Wildman–Crippen LogP) is 2.56. The van der Waals surface area contributed by atoms with Crippen LogP contribution in [0.4, 0.5) is 4.79 Å². The van der Waals surface area contributed by atoms with Crippen LogP contribution in [0.1, 0.15) is 44.0 Å². The van der Waals surface area contributed by atoms with Crippen molar-refractivity contribution in [2.45, 2.75) is 45.3 Å². The summed E-state index contributed by atoms with van der Waals surface area (Å²) < 4.78 is 11.1. The number of rotatable bonds is 3. The zero-order chi connectivity index (χ0) is 17.0. The van der Waals surface area contributed by atoms with E-state index >= 15 is 0 Å². The highest BCUT2D eigenvalue weighted by Crippen LogP contribution is 2.21. The van der Waals surface area contributed by atoms with Gasteiger partial charge in [-0.05, 0) is 45.7 Å². The molecular weight excluding hydrogens is 300 g/mol. The molecule has 1 atom stereocenters. The average Bonchev–Trinajstić information content (AvgIpc) is 2.46. The lowest BCUT2D eigenvalue weighted by Crippen LogP contribution is -2.46. The van der Waals surface area contributed by atoms with Crippen molar-refractivity contribution < 1.29 is 24.2 Å². The number of aromatic carboxylic acids is 1. The van der Waals surface area contributed by atoms with E-state index in [9.17, 15) is 9.59 Å². The Morgan fingerprint density at radius 2 is 2.13 bits per heavy atom. The molecule has 2 rings (SSSR count). The highest BCUT2D eigenvalue weighted by atomic mass is 16.6. The zero-order valence-electron chi connectivity index (χ0n) is 13.6. The molecule has 1 aliphatic rings. The van der Waals surface area contributed by atoms with Crippen LogP contribution in [0, 0.1) is 0 Å². The molecule has 0 bridgehead atoms. The van der Waals surface area contributed by atoms with Crippen molar-refractivity contribution in [3.05, 3.63) is 23.9 Å². The number of amides is 1. The maximum absolute atomic E-state index is 12.1. The van der Waals surface area contributed by atoms with Crippen molar-refractivity contribution in [1.82, 2.24) is 9.88 Å². The van der Waals surface area contributed by atoms with E-state index in [0.29, 0.717) is 13.1 Å². The molecule has 0 spiro atoms. The van der Waals surface area contributed by atoms with Crippen molar-refractivity contribution in [1.29, 1.82) is 0 Å². The van der Waals surface area contributed by atoms with Crippen LogP contribution in [0.2, 0.25) is 0 Å². The normalized spacial score (nSPS) is 18.4. The maximum Gasteiger partial charge on any atom is 0.410 e. The van der Waals surface area contributed by atoms with Gasteiger partial charge >= 0.3 is 12.1 Å². The second kappa shape index (κ2) is 6.85. The first-order chi connectivity index (χ1) is 10.8. The minimum absolute atomic E-state index is 0.0156. The third-order valence-electron chi connectivity index (χ3n) is 3.31. The van der Waals surface area contributed by atoms with E-state index in [4.69, 9.17) is 14.6 Å². The van der Waals surface area contributed by atoms with E-state index in [-0.39, 0.29) is 23.6 Å². The van der Waals surface area contributed by atoms with Crippen LogP contribution in [0.15, 0.2) is 18.3 Å². The Labute approximate surface area is 135 Å². The third-order valence-corrected chi connectivity index (χ3v) is 3.31. The highest BCUT2D eigenvalue weighted by Gasteiger charge is 2.29. The molecule has 7 heteroatoms. The number of carboxylic acid groups (broad SMARTS) is 1. The van der Waals surface area contributed by atoms with E-state index in [1.807, 2.05) is 20.8 Å². The van der Waals surface area contributed by atoms with Crippen LogP contribution in [0.5, 0.6) is 5.88 Å². The van der Waals surface area contributed by atoms with E-state index in [0.717, 1.165) is 12.8 Å². The van der Waals surface area contributed by atoms with Gasteiger partial charge in [-0.25, -0.2) is 14.6 Å². The predicted molar refractivity (Wildman–Crippen MR) is 82.7 cm³/mol. The molecule has 1 aromatic heterocycles. The molecule has 1 amide bonds. The summed E-state index contributed by atoms with van der Waals surface area (Å²) in [6.07, 6.45) is 2.29. The first kappa shape index (κ1) is 17.1. The monoisotopic (exact) mass is 322 g/mol. The second-order valence-corrected chi connectivity index (χ2v) is 6.47. The molecular formula is C16H22N2O5. The lowest BCUT2D eigenvalue weighted by molar-refractivity contribution is 0.00692. The molecule has 0 saturated carbocycles. The molecule has 23 heavy (non-hydrogen) atoms. The van der Waals surface area contributed by atoms with Gasteiger partial charge in [0.05, 0.1) is 6.54 Å². The van der Waals surface area contributed by atoms with Gasteiger partial charge < -0.3 is 19.5 Å². The van der Waals surface area contributed by atoms with Crippen LogP contribution >= 0.6 is 0 Å². The summed E-state index contributed by atoms with van der Waals surface area (Å²) in [5.74, 6) is -1.01. The number of likely N-dealkylation sites (tertiary alicyclic amines) is 1. The molecule has 2 heterocycles. The van der Waals surface area contributed by atoms with Crippen molar-refractivity contribution in [3.8, 4) is 5.88 Å². The van der Waals surface area contributed by atoms with Gasteiger partial charge in [0, 0.05) is 12.7 Å². The number of piperidine rings is 1. The summed E-state index contributed by atoms with van der Waals surface area (Å²) >= 11 is 0. The van der Waals surface area contributed by atoms with Gasteiger partial charge in [0.25, 0.3) is 0 Å². The van der Waals surface area contributed by atoms with Crippen molar-refractivity contribution in [3.63, 3.8) is 0 Å². The number of ether oxygens (including phenoxy) is 2. The fraction of sp³-hybridized carbons (Fsp3) is 0.562. The van der Waals surface area contributed by atoms with Gasteiger partial charge in [-0.3, -0.25) is 0 Å². The molecule has 7 nitrogen and oxygen atoms in total. The highest BCUT2D eigenvalue weighted by molar-refractivity contribution is 5.90. The lowest BCUT2D eigenvalue weighted by atomic mass is 10.1. The Morgan fingerprint density at radius 3 is 2.78 bits per heavy atom. The minimum atomic E-state index is -1.09. The van der Waals surface area contributed by atoms with Gasteiger partial charge in [0.2, 0.25) is 5.88 Å². The number of aromatic nitrogens is 1. The molecule has 1 saturated heterocycles. The Hall–Kier alpha value is -2.31. The number of nitrogens with zero attached hydrogens (tertiary/aromatic N) is 2. The number of carboxylic acids is 1. The topological polar surface area (TPSA) is 89.0 Å². The molecule has 126 valence electrons. The molecule has 1 aromatic rings. The van der Waals surface area contributed by atoms with Crippen molar-refractivity contribution >= 4 is 12.1 Å². The summed E-state index contributed by atoms with van der Waals surface area (Å²) in [5, 5.41) is 9.16. The quantitative estimate of drug-likeness (QED) is 0.920. The fourth-order valence-corrected chi connectivity index (χ4v) is 2.33. The summed E-state index contributed by atoms with van der Waals surface area (Å²) in [7, 11) is 0. The molecule has 1 N–H and O–H groups in total. The molecule has 1 unspecified atom stereocenters. The van der Waals surface area contributed by atoms with Gasteiger partial charge in [-0.15, -0.1) is 0 Å². The molecule has 0 radical (unpaired) electrons. The van der Waals surface area contributed by atoms with E-state index in [1.165, 1.54) is 12.3 Å². The first-order valence-corrected chi connectivity index (χ1v) is 7.59. The Balaban J connectivity index is 2.02. The Kier molecular flexibility index (Phi) is 5.08. The van der Waals surface area contributed by atoms with E-state index in [1.54, 1.807) is 11.0 Å². The van der Waals surface area contributed by atoms with Crippen LogP contribution in [-0.2, 0) is 4.74 Å². The number of hydrogen-bond donors (Lipinski definition) is 1. The Bertz CT molecular complexity index is 582. The van der Waals surface area contributed by atoms with Gasteiger partial charge in [0.1, 0.15) is 17.3 Å². The minimum Gasteiger partial charge on any atom is -0.477 e. The van der Waals surface area contributed by atoms with E-state index in [2.05, 4.69) is 4.98 Å². The number of pyridine rings is 1. The summed E-state index contributed by atoms with van der Waals surface area (Å²) in [6.45, 7) is 6.40. The van der Waals surface area contributed by atoms with Crippen LogP contribution in [0.25, 0.3) is 0 Å². The van der Waals surface area contributed by atoms with Crippen LogP contribution in [-0.4, -0.2) is 51.8 Å². The molecule has 0 aromatic carbocycles. The summed E-state index contributed by atoms with van der Waals surface area (Å²) in [5.41, 5.74) is -0.538. The zero-order valence-corrected chi connectivity index (χ0v) is 13.6. The second-order valence-electron chi connectivity index (χ2n) is 6.47. The van der Waals surface area contributed by atoms with Gasteiger partial charge in [-0.2, -0.15) is 0 Å². The lowest BCUT2D eigenvalue weighted by Gasteiger charge is -2.34. The summed E-state index contributed by atoms with van der Waals surface area (Å²) in [6, 6.07) is 2.99. The van der Waals surface area contributed by atoms with Gasteiger partial charge in [-0.1, -0.05) is 0 Å². The fourth-order valence-electron chi connectivity index (χ4n) is 2.33. The van der Waals surface area contributed by atoms with E-state index < -0.39 is 11.6 Å². The smallest absolute Gasteiger partial charge is 0.410 e.